The first-order valence-corrected chi connectivity index (χ1v) is 7.86. The highest BCUT2D eigenvalue weighted by atomic mass is 35.5. The minimum absolute atomic E-state index is 0.153. The van der Waals surface area contributed by atoms with Gasteiger partial charge in [-0.15, -0.1) is 6.42 Å². The fourth-order valence-corrected chi connectivity index (χ4v) is 2.04. The molecule has 142 valence electrons. The molecule has 27 heavy (non-hydrogen) atoms. The maximum atomic E-state index is 12.6. The van der Waals surface area contributed by atoms with Crippen molar-refractivity contribution in [2.45, 2.75) is 19.2 Å². The highest BCUT2D eigenvalue weighted by Crippen LogP contribution is 2.34. The Kier molecular flexibility index (Phi) is 6.53. The molecule has 0 spiro atoms. The van der Waals surface area contributed by atoms with Crippen molar-refractivity contribution in [1.29, 1.82) is 0 Å². The Hall–Kier alpha value is -2.92. The van der Waals surface area contributed by atoms with Crippen LogP contribution in [0.15, 0.2) is 36.5 Å². The van der Waals surface area contributed by atoms with Gasteiger partial charge < -0.3 is 14.2 Å². The van der Waals surface area contributed by atoms with Gasteiger partial charge in [-0.05, 0) is 37.3 Å². The number of rotatable bonds is 6. The molecule has 1 heterocycles. The SMILES string of the molecule is C#CCOC(=O)C(C)Oc1ccc(Oc2ncc(C(F)(F)F)cc2Cl)cc1. The Morgan fingerprint density at radius 1 is 1.30 bits per heavy atom. The lowest BCUT2D eigenvalue weighted by atomic mass is 10.3. The number of halogens is 4. The first-order chi connectivity index (χ1) is 12.7. The Labute approximate surface area is 158 Å². The maximum absolute atomic E-state index is 12.6. The van der Waals surface area contributed by atoms with E-state index in [0.717, 1.165) is 6.07 Å². The summed E-state index contributed by atoms with van der Waals surface area (Å²) in [5.41, 5.74) is -0.977. The molecule has 0 saturated carbocycles. The van der Waals surface area contributed by atoms with Crippen LogP contribution >= 0.6 is 11.6 Å². The number of benzene rings is 1. The summed E-state index contributed by atoms with van der Waals surface area (Å²) in [5, 5.41) is -0.282. The van der Waals surface area contributed by atoms with E-state index in [1.807, 2.05) is 0 Å². The first kappa shape index (κ1) is 20.4. The van der Waals surface area contributed by atoms with Crippen LogP contribution in [0.25, 0.3) is 0 Å². The molecule has 1 aromatic heterocycles. The van der Waals surface area contributed by atoms with E-state index >= 15 is 0 Å². The van der Waals surface area contributed by atoms with Crippen molar-refractivity contribution >= 4 is 17.6 Å². The maximum Gasteiger partial charge on any atom is 0.417 e. The molecule has 0 aliphatic carbocycles. The van der Waals surface area contributed by atoms with E-state index in [4.69, 9.17) is 32.2 Å². The number of pyridine rings is 1. The van der Waals surface area contributed by atoms with Gasteiger partial charge >= 0.3 is 12.1 Å². The summed E-state index contributed by atoms with van der Waals surface area (Å²) in [5.74, 6) is 1.99. The number of nitrogens with zero attached hydrogens (tertiary/aromatic N) is 1. The van der Waals surface area contributed by atoms with E-state index in [9.17, 15) is 18.0 Å². The molecule has 0 bridgehead atoms. The Balaban J connectivity index is 2.02. The Morgan fingerprint density at radius 3 is 2.48 bits per heavy atom. The van der Waals surface area contributed by atoms with Gasteiger partial charge in [-0.25, -0.2) is 9.78 Å². The highest BCUT2D eigenvalue weighted by molar-refractivity contribution is 6.31. The van der Waals surface area contributed by atoms with Crippen LogP contribution in [0.4, 0.5) is 13.2 Å². The van der Waals surface area contributed by atoms with E-state index < -0.39 is 23.8 Å². The fraction of sp³-hybridized carbons (Fsp3) is 0.222. The molecule has 1 aromatic carbocycles. The van der Waals surface area contributed by atoms with Crippen molar-refractivity contribution in [3.05, 3.63) is 47.1 Å². The average molecular weight is 400 g/mol. The lowest BCUT2D eigenvalue weighted by Crippen LogP contribution is -2.26. The largest absolute Gasteiger partial charge is 0.479 e. The number of terminal acetylenes is 1. The molecule has 0 aliphatic heterocycles. The molecule has 0 fully saturated rings. The van der Waals surface area contributed by atoms with E-state index in [0.29, 0.717) is 11.9 Å². The molecule has 5 nitrogen and oxygen atoms in total. The molecular weight excluding hydrogens is 387 g/mol. The van der Waals surface area contributed by atoms with Crippen LogP contribution in [-0.4, -0.2) is 23.7 Å². The van der Waals surface area contributed by atoms with Gasteiger partial charge in [-0.2, -0.15) is 13.2 Å². The molecule has 1 unspecified atom stereocenters. The number of aromatic nitrogens is 1. The van der Waals surface area contributed by atoms with Crippen molar-refractivity contribution in [3.63, 3.8) is 0 Å². The Morgan fingerprint density at radius 2 is 1.93 bits per heavy atom. The molecule has 2 rings (SSSR count). The second-order valence-corrected chi connectivity index (χ2v) is 5.56. The molecule has 0 amide bonds. The molecular formula is C18H13ClF3NO4. The lowest BCUT2D eigenvalue weighted by Gasteiger charge is -2.14. The number of hydrogen-bond donors (Lipinski definition) is 0. The number of esters is 1. The lowest BCUT2D eigenvalue weighted by molar-refractivity contribution is -0.149. The smallest absolute Gasteiger partial charge is 0.417 e. The molecule has 0 aliphatic rings. The van der Waals surface area contributed by atoms with Crippen molar-refractivity contribution in [2.75, 3.05) is 6.61 Å². The van der Waals surface area contributed by atoms with Crippen LogP contribution in [0.2, 0.25) is 5.02 Å². The number of alkyl halides is 3. The minimum Gasteiger partial charge on any atom is -0.479 e. The van der Waals surface area contributed by atoms with Gasteiger partial charge in [0.15, 0.2) is 12.7 Å². The summed E-state index contributed by atoms with van der Waals surface area (Å²) in [7, 11) is 0. The summed E-state index contributed by atoms with van der Waals surface area (Å²) in [6.45, 7) is 1.34. The van der Waals surface area contributed by atoms with Crippen molar-refractivity contribution in [3.8, 4) is 29.7 Å². The van der Waals surface area contributed by atoms with E-state index in [1.165, 1.54) is 31.2 Å². The normalized spacial score (nSPS) is 12.0. The third-order valence-electron chi connectivity index (χ3n) is 3.12. The monoisotopic (exact) mass is 399 g/mol. The van der Waals surface area contributed by atoms with Gasteiger partial charge in [0, 0.05) is 6.20 Å². The second-order valence-electron chi connectivity index (χ2n) is 5.15. The van der Waals surface area contributed by atoms with Gasteiger partial charge in [0.2, 0.25) is 5.88 Å². The van der Waals surface area contributed by atoms with Crippen LogP contribution in [0, 0.1) is 12.3 Å². The third kappa shape index (κ3) is 5.79. The summed E-state index contributed by atoms with van der Waals surface area (Å²) >= 11 is 5.78. The van der Waals surface area contributed by atoms with Gasteiger partial charge in [0.25, 0.3) is 0 Å². The quantitative estimate of drug-likeness (QED) is 0.529. The van der Waals surface area contributed by atoms with Gasteiger partial charge in [-0.1, -0.05) is 17.5 Å². The second kappa shape index (κ2) is 8.64. The zero-order valence-corrected chi connectivity index (χ0v) is 14.7. The number of carbonyl (C=O) groups is 1. The first-order valence-electron chi connectivity index (χ1n) is 7.48. The van der Waals surface area contributed by atoms with Crippen LogP contribution in [0.1, 0.15) is 12.5 Å². The summed E-state index contributed by atoms with van der Waals surface area (Å²) in [4.78, 5) is 15.2. The van der Waals surface area contributed by atoms with E-state index in [1.54, 1.807) is 0 Å². The molecule has 2 aromatic rings. The summed E-state index contributed by atoms with van der Waals surface area (Å²) in [6, 6.07) is 6.68. The van der Waals surface area contributed by atoms with Crippen molar-refractivity contribution < 1.29 is 32.2 Å². The number of ether oxygens (including phenoxy) is 3. The number of hydrogen-bond acceptors (Lipinski definition) is 5. The molecule has 9 heteroatoms. The molecule has 0 saturated heterocycles. The van der Waals surface area contributed by atoms with Gasteiger partial charge in [0.05, 0.1) is 5.56 Å². The standard InChI is InChI=1S/C18H13ClF3NO4/c1-3-8-25-17(24)11(2)26-13-4-6-14(7-5-13)27-16-15(19)9-12(10-23-16)18(20,21)22/h1,4-7,9-11H,8H2,2H3. The molecule has 0 N–H and O–H groups in total. The van der Waals surface area contributed by atoms with Crippen molar-refractivity contribution in [2.24, 2.45) is 0 Å². The van der Waals surface area contributed by atoms with Crippen LogP contribution in [-0.2, 0) is 15.7 Å². The van der Waals surface area contributed by atoms with E-state index in [-0.39, 0.29) is 23.3 Å². The fourth-order valence-electron chi connectivity index (χ4n) is 1.84. The number of carbonyl (C=O) groups excluding carboxylic acids is 1. The van der Waals surface area contributed by atoms with Crippen LogP contribution in [0.3, 0.4) is 0 Å². The highest BCUT2D eigenvalue weighted by Gasteiger charge is 2.31. The van der Waals surface area contributed by atoms with Crippen molar-refractivity contribution in [1.82, 2.24) is 4.98 Å². The molecule has 1 atom stereocenters. The Bertz CT molecular complexity index is 847. The van der Waals surface area contributed by atoms with Crippen LogP contribution < -0.4 is 9.47 Å². The van der Waals surface area contributed by atoms with Crippen LogP contribution in [0.5, 0.6) is 17.4 Å². The zero-order valence-electron chi connectivity index (χ0n) is 13.9. The van der Waals surface area contributed by atoms with Gasteiger partial charge in [0.1, 0.15) is 16.5 Å². The third-order valence-corrected chi connectivity index (χ3v) is 3.39. The predicted molar refractivity (Wildman–Crippen MR) is 90.6 cm³/mol. The minimum atomic E-state index is -4.55. The summed E-state index contributed by atoms with van der Waals surface area (Å²) < 4.78 is 53.3. The van der Waals surface area contributed by atoms with Gasteiger partial charge in [-0.3, -0.25) is 0 Å². The predicted octanol–water partition coefficient (Wildman–Crippen LogP) is 4.49. The molecule has 0 radical (unpaired) electrons. The summed E-state index contributed by atoms with van der Waals surface area (Å²) in [6.07, 6.45) is 0.197. The van der Waals surface area contributed by atoms with E-state index in [2.05, 4.69) is 10.9 Å². The zero-order chi connectivity index (χ0) is 20.0. The average Bonchev–Trinajstić information content (AvgIpc) is 2.62. The topological polar surface area (TPSA) is 57.7 Å².